The van der Waals surface area contributed by atoms with Crippen molar-refractivity contribution in [3.63, 3.8) is 0 Å². The van der Waals surface area contributed by atoms with Gasteiger partial charge >= 0.3 is 0 Å². The van der Waals surface area contributed by atoms with Crippen LogP contribution in [0.2, 0.25) is 0 Å². The van der Waals surface area contributed by atoms with Crippen LogP contribution in [-0.4, -0.2) is 36.0 Å². The molecule has 3 heteroatoms. The molecule has 0 spiro atoms. The quantitative estimate of drug-likeness (QED) is 0.770. The van der Waals surface area contributed by atoms with E-state index in [9.17, 15) is 4.79 Å². The molecule has 1 heterocycles. The van der Waals surface area contributed by atoms with Gasteiger partial charge in [0.25, 0.3) is 0 Å². The Balaban J connectivity index is 2.26. The van der Waals surface area contributed by atoms with Crippen LogP contribution in [0.5, 0.6) is 0 Å². The second-order valence-corrected chi connectivity index (χ2v) is 4.57. The Kier molecular flexibility index (Phi) is 5.09. The van der Waals surface area contributed by atoms with Crippen LogP contribution in [0.3, 0.4) is 0 Å². The highest BCUT2D eigenvalue weighted by atomic mass is 16.1. The van der Waals surface area contributed by atoms with E-state index in [1.807, 2.05) is 6.92 Å². The predicted octanol–water partition coefficient (Wildman–Crippen LogP) is 1.78. The molecule has 0 saturated carbocycles. The molecular formula is C12H24N2O. The molecule has 0 aliphatic carbocycles. The van der Waals surface area contributed by atoms with Crippen LogP contribution >= 0.6 is 0 Å². The largest absolute Gasteiger partial charge is 0.355 e. The fourth-order valence-electron chi connectivity index (χ4n) is 2.36. The molecule has 1 aliphatic heterocycles. The summed E-state index contributed by atoms with van der Waals surface area (Å²) in [4.78, 5) is 13.6. The first-order valence-electron chi connectivity index (χ1n) is 6.17. The molecule has 0 aromatic carbocycles. The molecule has 1 saturated heterocycles. The van der Waals surface area contributed by atoms with Crippen LogP contribution in [0, 0.1) is 0 Å². The zero-order valence-electron chi connectivity index (χ0n) is 10.3. The Morgan fingerprint density at radius 2 is 1.93 bits per heavy atom. The van der Waals surface area contributed by atoms with Crippen molar-refractivity contribution in [1.82, 2.24) is 10.2 Å². The maximum atomic E-state index is 11.1. The Hall–Kier alpha value is -0.570. The first-order valence-corrected chi connectivity index (χ1v) is 6.17. The molecule has 15 heavy (non-hydrogen) atoms. The van der Waals surface area contributed by atoms with Crippen LogP contribution < -0.4 is 5.32 Å². The molecule has 88 valence electrons. The van der Waals surface area contributed by atoms with Gasteiger partial charge in [-0.05, 0) is 26.7 Å². The van der Waals surface area contributed by atoms with Gasteiger partial charge in [0, 0.05) is 31.6 Å². The normalized spacial score (nSPS) is 27.7. The third-order valence-corrected chi connectivity index (χ3v) is 3.39. The average molecular weight is 212 g/mol. The number of nitrogens with one attached hydrogen (secondary N) is 1. The highest BCUT2D eigenvalue weighted by Crippen LogP contribution is 2.21. The summed E-state index contributed by atoms with van der Waals surface area (Å²) in [7, 11) is 0. The van der Waals surface area contributed by atoms with E-state index in [1.54, 1.807) is 0 Å². The molecule has 3 nitrogen and oxygen atoms in total. The summed E-state index contributed by atoms with van der Waals surface area (Å²) in [6, 6.07) is 1.35. The summed E-state index contributed by atoms with van der Waals surface area (Å²) in [5, 5.41) is 2.94. The standard InChI is InChI=1S/C12H24N2O/c1-4-12(15)13-8-9-14-10(2)6-5-7-11(14)3/h10-11H,4-9H2,1-3H3,(H,13,15). The second-order valence-electron chi connectivity index (χ2n) is 4.57. The molecule has 2 atom stereocenters. The first-order chi connectivity index (χ1) is 7.15. The minimum Gasteiger partial charge on any atom is -0.355 e. The van der Waals surface area contributed by atoms with Gasteiger partial charge in [-0.1, -0.05) is 13.3 Å². The molecular weight excluding hydrogens is 188 g/mol. The third-order valence-electron chi connectivity index (χ3n) is 3.39. The van der Waals surface area contributed by atoms with Crippen molar-refractivity contribution < 1.29 is 4.79 Å². The van der Waals surface area contributed by atoms with Gasteiger partial charge in [-0.2, -0.15) is 0 Å². The number of hydrogen-bond acceptors (Lipinski definition) is 2. The van der Waals surface area contributed by atoms with Gasteiger partial charge in [0.15, 0.2) is 0 Å². The van der Waals surface area contributed by atoms with Gasteiger partial charge in [0.05, 0.1) is 0 Å². The zero-order chi connectivity index (χ0) is 11.3. The van der Waals surface area contributed by atoms with Crippen molar-refractivity contribution in [1.29, 1.82) is 0 Å². The van der Waals surface area contributed by atoms with E-state index in [-0.39, 0.29) is 5.91 Å². The van der Waals surface area contributed by atoms with Crippen molar-refractivity contribution in [3.8, 4) is 0 Å². The summed E-state index contributed by atoms with van der Waals surface area (Å²) in [5.74, 6) is 0.160. The lowest BCUT2D eigenvalue weighted by molar-refractivity contribution is -0.120. The molecule has 0 aromatic rings. The summed E-state index contributed by atoms with van der Waals surface area (Å²) >= 11 is 0. The number of nitrogens with zero attached hydrogens (tertiary/aromatic N) is 1. The van der Waals surface area contributed by atoms with Crippen molar-refractivity contribution in [3.05, 3.63) is 0 Å². The Labute approximate surface area is 93.2 Å². The maximum Gasteiger partial charge on any atom is 0.219 e. The van der Waals surface area contributed by atoms with Gasteiger partial charge in [0.2, 0.25) is 5.91 Å². The molecule has 0 radical (unpaired) electrons. The maximum absolute atomic E-state index is 11.1. The smallest absolute Gasteiger partial charge is 0.219 e. The zero-order valence-corrected chi connectivity index (χ0v) is 10.3. The monoisotopic (exact) mass is 212 g/mol. The minimum atomic E-state index is 0.160. The van der Waals surface area contributed by atoms with Crippen LogP contribution in [0.15, 0.2) is 0 Å². The fourth-order valence-corrected chi connectivity index (χ4v) is 2.36. The van der Waals surface area contributed by atoms with E-state index in [0.29, 0.717) is 18.5 Å². The van der Waals surface area contributed by atoms with E-state index >= 15 is 0 Å². The van der Waals surface area contributed by atoms with Crippen LogP contribution in [0.1, 0.15) is 46.5 Å². The summed E-state index contributed by atoms with van der Waals surface area (Å²) in [5.41, 5.74) is 0. The first kappa shape index (κ1) is 12.5. The fraction of sp³-hybridized carbons (Fsp3) is 0.917. The van der Waals surface area contributed by atoms with Crippen molar-refractivity contribution in [2.45, 2.75) is 58.5 Å². The number of likely N-dealkylation sites (tertiary alicyclic amines) is 1. The van der Waals surface area contributed by atoms with Gasteiger partial charge in [-0.3, -0.25) is 9.69 Å². The molecule has 0 bridgehead atoms. The summed E-state index contributed by atoms with van der Waals surface area (Å²) in [6.07, 6.45) is 4.53. The Morgan fingerprint density at radius 3 is 2.47 bits per heavy atom. The van der Waals surface area contributed by atoms with Crippen LogP contribution in [0.25, 0.3) is 0 Å². The van der Waals surface area contributed by atoms with Crippen molar-refractivity contribution in [2.24, 2.45) is 0 Å². The Bertz CT molecular complexity index is 196. The predicted molar refractivity (Wildman–Crippen MR) is 62.8 cm³/mol. The molecule has 0 aromatic heterocycles. The average Bonchev–Trinajstić information content (AvgIpc) is 2.22. The van der Waals surface area contributed by atoms with E-state index in [4.69, 9.17) is 0 Å². The van der Waals surface area contributed by atoms with Gasteiger partial charge in [0.1, 0.15) is 0 Å². The lowest BCUT2D eigenvalue weighted by atomic mass is 9.98. The lowest BCUT2D eigenvalue weighted by Gasteiger charge is -2.39. The SMILES string of the molecule is CCC(=O)NCCN1C(C)CCCC1C. The van der Waals surface area contributed by atoms with Gasteiger partial charge in [-0.25, -0.2) is 0 Å². The highest BCUT2D eigenvalue weighted by molar-refractivity contribution is 5.75. The van der Waals surface area contributed by atoms with E-state index < -0.39 is 0 Å². The summed E-state index contributed by atoms with van der Waals surface area (Å²) < 4.78 is 0. The van der Waals surface area contributed by atoms with Gasteiger partial charge in [-0.15, -0.1) is 0 Å². The number of piperidine rings is 1. The van der Waals surface area contributed by atoms with E-state index in [1.165, 1.54) is 19.3 Å². The molecule has 1 aliphatic rings. The number of rotatable bonds is 4. The number of hydrogen-bond donors (Lipinski definition) is 1. The van der Waals surface area contributed by atoms with E-state index in [0.717, 1.165) is 13.1 Å². The highest BCUT2D eigenvalue weighted by Gasteiger charge is 2.23. The van der Waals surface area contributed by atoms with Crippen LogP contribution in [-0.2, 0) is 4.79 Å². The van der Waals surface area contributed by atoms with Crippen LogP contribution in [0.4, 0.5) is 0 Å². The third kappa shape index (κ3) is 3.82. The van der Waals surface area contributed by atoms with E-state index in [2.05, 4.69) is 24.1 Å². The molecule has 1 amide bonds. The number of carbonyl (C=O) groups excluding carboxylic acids is 1. The topological polar surface area (TPSA) is 32.3 Å². The molecule has 2 unspecified atom stereocenters. The molecule has 1 N–H and O–H groups in total. The second kappa shape index (κ2) is 6.11. The van der Waals surface area contributed by atoms with Crippen molar-refractivity contribution in [2.75, 3.05) is 13.1 Å². The summed E-state index contributed by atoms with van der Waals surface area (Å²) in [6.45, 7) is 8.26. The number of amides is 1. The lowest BCUT2D eigenvalue weighted by Crippen LogP contribution is -2.47. The van der Waals surface area contributed by atoms with Crippen molar-refractivity contribution >= 4 is 5.91 Å². The molecule has 1 fully saturated rings. The molecule has 1 rings (SSSR count). The Morgan fingerprint density at radius 1 is 1.33 bits per heavy atom. The van der Waals surface area contributed by atoms with Gasteiger partial charge < -0.3 is 5.32 Å². The minimum absolute atomic E-state index is 0.160. The number of carbonyl (C=O) groups is 1.